The number of carboxylic acid groups (broad SMARTS) is 1. The van der Waals surface area contributed by atoms with Crippen LogP contribution in [0.15, 0.2) is 35.6 Å². The van der Waals surface area contributed by atoms with E-state index in [4.69, 9.17) is 0 Å². The fourth-order valence-electron chi connectivity index (χ4n) is 3.00. The molecule has 1 saturated heterocycles. The first-order valence-corrected chi connectivity index (χ1v) is 8.73. The second kappa shape index (κ2) is 5.82. The monoisotopic (exact) mass is 338 g/mol. The van der Waals surface area contributed by atoms with Crippen LogP contribution in [-0.2, 0) is 17.1 Å². The molecule has 1 fully saturated rings. The van der Waals surface area contributed by atoms with Crippen LogP contribution in [0.4, 0.5) is 0 Å². The van der Waals surface area contributed by atoms with E-state index in [2.05, 4.69) is 5.10 Å². The average Bonchev–Trinajstić information content (AvgIpc) is 3.16. The number of carboxylic acids is 1. The minimum Gasteiger partial charge on any atom is -0.477 e. The van der Waals surface area contributed by atoms with E-state index >= 15 is 0 Å². The lowest BCUT2D eigenvalue weighted by molar-refractivity contribution is 0.0680. The molecule has 1 aliphatic heterocycles. The van der Waals surface area contributed by atoms with Crippen molar-refractivity contribution < 1.29 is 18.3 Å². The van der Waals surface area contributed by atoms with Crippen LogP contribution in [0, 0.1) is 0 Å². The number of aryl methyl sites for hydroxylation is 1. The lowest BCUT2D eigenvalue weighted by atomic mass is 10.1. The summed E-state index contributed by atoms with van der Waals surface area (Å²) in [6, 6.07) is 4.73. The Kier molecular flexibility index (Phi) is 3.99. The minimum absolute atomic E-state index is 0.00547. The van der Waals surface area contributed by atoms with Crippen LogP contribution in [0.2, 0.25) is 0 Å². The molecule has 0 atom stereocenters. The summed E-state index contributed by atoms with van der Waals surface area (Å²) < 4.78 is 29.7. The van der Waals surface area contributed by atoms with Gasteiger partial charge < -0.3 is 9.67 Å². The molecule has 0 radical (unpaired) electrons. The van der Waals surface area contributed by atoms with E-state index < -0.39 is 16.0 Å². The molecule has 0 bridgehead atoms. The molecule has 2 aromatic heterocycles. The Hall–Kier alpha value is -2.13. The molecule has 0 unspecified atom stereocenters. The molecule has 1 aliphatic rings. The molecule has 124 valence electrons. The van der Waals surface area contributed by atoms with E-state index in [1.54, 1.807) is 29.9 Å². The zero-order valence-corrected chi connectivity index (χ0v) is 13.5. The van der Waals surface area contributed by atoms with Crippen molar-refractivity contribution in [3.8, 4) is 0 Å². The Labute approximate surface area is 134 Å². The van der Waals surface area contributed by atoms with Crippen LogP contribution < -0.4 is 0 Å². The highest BCUT2D eigenvalue weighted by Gasteiger charge is 2.32. The van der Waals surface area contributed by atoms with Crippen molar-refractivity contribution in [2.75, 3.05) is 13.1 Å². The molecule has 3 rings (SSSR count). The third-order valence-corrected chi connectivity index (χ3v) is 6.17. The largest absolute Gasteiger partial charge is 0.477 e. The van der Waals surface area contributed by atoms with Gasteiger partial charge >= 0.3 is 5.97 Å². The van der Waals surface area contributed by atoms with Crippen molar-refractivity contribution in [1.29, 1.82) is 0 Å². The normalized spacial score (nSPS) is 17.4. The van der Waals surface area contributed by atoms with E-state index in [1.807, 2.05) is 0 Å². The summed E-state index contributed by atoms with van der Waals surface area (Å²) in [5.74, 6) is -0.972. The minimum atomic E-state index is -3.56. The molecule has 2 aromatic rings. The molecule has 9 heteroatoms. The van der Waals surface area contributed by atoms with Gasteiger partial charge in [-0.15, -0.1) is 0 Å². The summed E-state index contributed by atoms with van der Waals surface area (Å²) in [4.78, 5) is 11.2. The Morgan fingerprint density at radius 1 is 1.30 bits per heavy atom. The van der Waals surface area contributed by atoms with E-state index in [-0.39, 0.29) is 16.8 Å². The van der Waals surface area contributed by atoms with Crippen LogP contribution in [0.5, 0.6) is 0 Å². The number of aromatic nitrogens is 3. The van der Waals surface area contributed by atoms with Gasteiger partial charge in [0.2, 0.25) is 0 Å². The third-order valence-electron chi connectivity index (χ3n) is 4.20. The van der Waals surface area contributed by atoms with Crippen LogP contribution in [-0.4, -0.2) is 51.2 Å². The zero-order chi connectivity index (χ0) is 16.6. The summed E-state index contributed by atoms with van der Waals surface area (Å²) in [5.41, 5.74) is 0.234. The molecular weight excluding hydrogens is 320 g/mol. The van der Waals surface area contributed by atoms with Crippen molar-refractivity contribution in [2.24, 2.45) is 7.05 Å². The van der Waals surface area contributed by atoms with E-state index in [9.17, 15) is 18.3 Å². The summed E-state index contributed by atoms with van der Waals surface area (Å²) in [7, 11) is -1.96. The van der Waals surface area contributed by atoms with Crippen LogP contribution in [0.25, 0.3) is 0 Å². The third kappa shape index (κ3) is 2.77. The van der Waals surface area contributed by atoms with Gasteiger partial charge in [-0.1, -0.05) is 0 Å². The lowest BCUT2D eigenvalue weighted by Crippen LogP contribution is -2.40. The van der Waals surface area contributed by atoms with E-state index in [0.717, 1.165) is 0 Å². The smallest absolute Gasteiger partial charge is 0.352 e. The molecule has 23 heavy (non-hydrogen) atoms. The molecule has 0 saturated carbocycles. The maximum absolute atomic E-state index is 12.6. The highest BCUT2D eigenvalue weighted by molar-refractivity contribution is 7.89. The van der Waals surface area contributed by atoms with Gasteiger partial charge in [-0.3, -0.25) is 4.68 Å². The molecule has 0 aliphatic carbocycles. The van der Waals surface area contributed by atoms with Gasteiger partial charge in [0, 0.05) is 32.4 Å². The van der Waals surface area contributed by atoms with Crippen molar-refractivity contribution >= 4 is 16.0 Å². The fraction of sp³-hybridized carbons (Fsp3) is 0.429. The molecule has 8 nitrogen and oxygen atoms in total. The molecular formula is C14H18N4O4S. The standard InChI is InChI=1S/C14H18N4O4S/c1-16-13(4-7-15-16)23(21,22)17-9-5-11(6-10-17)18-8-2-3-12(18)14(19)20/h2-4,7-8,11H,5-6,9-10H2,1H3,(H,19,20). The van der Waals surface area contributed by atoms with Crippen LogP contribution in [0.3, 0.4) is 0 Å². The maximum Gasteiger partial charge on any atom is 0.352 e. The van der Waals surface area contributed by atoms with E-state index in [0.29, 0.717) is 25.9 Å². The fourth-order valence-corrected chi connectivity index (χ4v) is 4.57. The Balaban J connectivity index is 1.75. The first-order chi connectivity index (χ1) is 10.9. The first kappa shape index (κ1) is 15.8. The quantitative estimate of drug-likeness (QED) is 0.895. The van der Waals surface area contributed by atoms with Crippen LogP contribution >= 0.6 is 0 Å². The molecule has 1 N–H and O–H groups in total. The van der Waals surface area contributed by atoms with Gasteiger partial charge in [0.1, 0.15) is 5.69 Å². The first-order valence-electron chi connectivity index (χ1n) is 7.29. The van der Waals surface area contributed by atoms with Gasteiger partial charge in [-0.2, -0.15) is 9.40 Å². The number of sulfonamides is 1. The topological polar surface area (TPSA) is 97.4 Å². The van der Waals surface area contributed by atoms with Crippen molar-refractivity contribution in [1.82, 2.24) is 18.7 Å². The number of nitrogens with zero attached hydrogens (tertiary/aromatic N) is 4. The average molecular weight is 338 g/mol. The number of rotatable bonds is 4. The summed E-state index contributed by atoms with van der Waals surface area (Å²) in [6.45, 7) is 0.713. The Bertz CT molecular complexity index is 815. The predicted octanol–water partition coefficient (Wildman–Crippen LogP) is 0.946. The number of hydrogen-bond acceptors (Lipinski definition) is 4. The second-order valence-electron chi connectivity index (χ2n) is 5.53. The number of carbonyl (C=O) groups is 1. The number of piperidine rings is 1. The van der Waals surface area contributed by atoms with Crippen molar-refractivity contribution in [2.45, 2.75) is 23.9 Å². The zero-order valence-electron chi connectivity index (χ0n) is 12.7. The Morgan fingerprint density at radius 2 is 2.00 bits per heavy atom. The summed E-state index contributed by atoms with van der Waals surface area (Å²) in [5, 5.41) is 13.3. The van der Waals surface area contributed by atoms with Gasteiger partial charge in [-0.05, 0) is 31.0 Å². The SMILES string of the molecule is Cn1nccc1S(=O)(=O)N1CCC(n2cccc2C(=O)O)CC1. The number of hydrogen-bond donors (Lipinski definition) is 1. The second-order valence-corrected chi connectivity index (χ2v) is 7.42. The molecule has 0 amide bonds. The van der Waals surface area contributed by atoms with Gasteiger partial charge in [0.15, 0.2) is 5.03 Å². The summed E-state index contributed by atoms with van der Waals surface area (Å²) in [6.07, 6.45) is 4.34. The van der Waals surface area contributed by atoms with E-state index in [1.165, 1.54) is 21.3 Å². The molecule has 0 aromatic carbocycles. The molecule has 3 heterocycles. The number of aromatic carboxylic acids is 1. The summed E-state index contributed by atoms with van der Waals surface area (Å²) >= 11 is 0. The maximum atomic E-state index is 12.6. The highest BCUT2D eigenvalue weighted by atomic mass is 32.2. The van der Waals surface area contributed by atoms with Crippen molar-refractivity contribution in [3.05, 3.63) is 36.3 Å². The van der Waals surface area contributed by atoms with Gasteiger partial charge in [-0.25, -0.2) is 13.2 Å². The predicted molar refractivity (Wildman–Crippen MR) is 81.6 cm³/mol. The van der Waals surface area contributed by atoms with Gasteiger partial charge in [0.05, 0.1) is 6.20 Å². The lowest BCUT2D eigenvalue weighted by Gasteiger charge is -2.32. The highest BCUT2D eigenvalue weighted by Crippen LogP contribution is 2.28. The van der Waals surface area contributed by atoms with Crippen LogP contribution in [0.1, 0.15) is 29.4 Å². The van der Waals surface area contributed by atoms with Crippen molar-refractivity contribution in [3.63, 3.8) is 0 Å². The molecule has 0 spiro atoms. The Morgan fingerprint density at radius 3 is 2.57 bits per heavy atom. The van der Waals surface area contributed by atoms with Gasteiger partial charge in [0.25, 0.3) is 10.0 Å².